The summed E-state index contributed by atoms with van der Waals surface area (Å²) in [5, 5.41) is 2.91. The first-order valence-corrected chi connectivity index (χ1v) is 3.68. The highest BCUT2D eigenvalue weighted by atomic mass is 16.2. The van der Waals surface area contributed by atoms with Gasteiger partial charge in [0.25, 0.3) is 0 Å². The SMILES string of the molecule is O=C1N[C@@H]2CCCCC12. The van der Waals surface area contributed by atoms with Gasteiger partial charge in [-0.15, -0.1) is 0 Å². The van der Waals surface area contributed by atoms with Crippen molar-refractivity contribution in [3.8, 4) is 0 Å². The molecule has 2 rings (SSSR count). The van der Waals surface area contributed by atoms with E-state index in [1.54, 1.807) is 0 Å². The molecule has 1 unspecified atom stereocenters. The zero-order chi connectivity index (χ0) is 6.27. The summed E-state index contributed by atoms with van der Waals surface area (Å²) in [5.74, 6) is 0.693. The normalized spacial score (nSPS) is 40.7. The van der Waals surface area contributed by atoms with Crippen molar-refractivity contribution in [3.63, 3.8) is 0 Å². The third-order valence-electron chi connectivity index (χ3n) is 2.43. The molecule has 2 aliphatic rings. The van der Waals surface area contributed by atoms with E-state index in [-0.39, 0.29) is 0 Å². The molecule has 1 heterocycles. The molecule has 0 aromatic heterocycles. The van der Waals surface area contributed by atoms with Crippen LogP contribution in [-0.2, 0) is 4.79 Å². The van der Waals surface area contributed by atoms with Crippen molar-refractivity contribution in [2.24, 2.45) is 5.92 Å². The first kappa shape index (κ1) is 5.27. The molecule has 2 fully saturated rings. The number of rotatable bonds is 0. The zero-order valence-corrected chi connectivity index (χ0v) is 5.39. The predicted molar refractivity (Wildman–Crippen MR) is 33.9 cm³/mol. The molecule has 1 amide bonds. The Morgan fingerprint density at radius 3 is 2.67 bits per heavy atom. The first-order valence-electron chi connectivity index (χ1n) is 3.68. The number of carbonyl (C=O) groups is 1. The Balaban J connectivity index is 2.01. The van der Waals surface area contributed by atoms with Gasteiger partial charge in [-0.25, -0.2) is 0 Å². The van der Waals surface area contributed by atoms with Gasteiger partial charge in [0.15, 0.2) is 0 Å². The van der Waals surface area contributed by atoms with Crippen LogP contribution in [0.2, 0.25) is 0 Å². The van der Waals surface area contributed by atoms with Crippen LogP contribution in [0.1, 0.15) is 25.7 Å². The summed E-state index contributed by atoms with van der Waals surface area (Å²) >= 11 is 0. The van der Waals surface area contributed by atoms with Crippen LogP contribution in [0.5, 0.6) is 0 Å². The first-order chi connectivity index (χ1) is 4.38. The van der Waals surface area contributed by atoms with Crippen LogP contribution in [0, 0.1) is 5.92 Å². The van der Waals surface area contributed by atoms with E-state index in [1.807, 2.05) is 0 Å². The standard InChI is InChI=1S/C7H11NO/c9-7-5-3-1-2-4-6(5)8-7/h5-6H,1-4H2,(H,8,9)/t5?,6-/m1/s1. The van der Waals surface area contributed by atoms with Crippen LogP contribution < -0.4 is 5.32 Å². The fourth-order valence-electron chi connectivity index (χ4n) is 1.81. The molecule has 1 aliphatic carbocycles. The highest BCUT2D eigenvalue weighted by molar-refractivity contribution is 5.85. The van der Waals surface area contributed by atoms with Gasteiger partial charge in [0, 0.05) is 6.04 Å². The average molecular weight is 125 g/mol. The molecule has 2 atom stereocenters. The Morgan fingerprint density at radius 1 is 1.33 bits per heavy atom. The Labute approximate surface area is 54.6 Å². The number of nitrogens with one attached hydrogen (secondary N) is 1. The molecule has 1 aliphatic heterocycles. The summed E-state index contributed by atoms with van der Waals surface area (Å²) in [6, 6.07) is 0.561. The summed E-state index contributed by atoms with van der Waals surface area (Å²) in [6.45, 7) is 0. The second-order valence-electron chi connectivity index (χ2n) is 3.01. The van der Waals surface area contributed by atoms with Gasteiger partial charge >= 0.3 is 0 Å². The second-order valence-corrected chi connectivity index (χ2v) is 3.01. The molecular formula is C7H11NO. The summed E-state index contributed by atoms with van der Waals surface area (Å²) in [7, 11) is 0. The number of hydrogen-bond donors (Lipinski definition) is 1. The molecule has 1 N–H and O–H groups in total. The van der Waals surface area contributed by atoms with Gasteiger partial charge in [0.05, 0.1) is 5.92 Å². The molecule has 2 heteroatoms. The Kier molecular flexibility index (Phi) is 1.01. The lowest BCUT2D eigenvalue weighted by molar-refractivity contribution is -0.136. The molecular weight excluding hydrogens is 114 g/mol. The van der Waals surface area contributed by atoms with Gasteiger partial charge in [-0.1, -0.05) is 12.8 Å². The van der Waals surface area contributed by atoms with Crippen LogP contribution in [0.25, 0.3) is 0 Å². The van der Waals surface area contributed by atoms with E-state index >= 15 is 0 Å². The molecule has 9 heavy (non-hydrogen) atoms. The van der Waals surface area contributed by atoms with Gasteiger partial charge in [-0.2, -0.15) is 0 Å². The molecule has 0 aromatic rings. The lowest BCUT2D eigenvalue weighted by atomic mass is 9.78. The maximum atomic E-state index is 10.8. The average Bonchev–Trinajstić information content (AvgIpc) is 1.86. The monoisotopic (exact) mass is 125 g/mol. The van der Waals surface area contributed by atoms with Crippen LogP contribution in [-0.4, -0.2) is 11.9 Å². The topological polar surface area (TPSA) is 29.1 Å². The van der Waals surface area contributed by atoms with Crippen LogP contribution in [0.3, 0.4) is 0 Å². The van der Waals surface area contributed by atoms with Crippen molar-refractivity contribution in [1.29, 1.82) is 0 Å². The highest BCUT2D eigenvalue weighted by Gasteiger charge is 2.39. The van der Waals surface area contributed by atoms with Crippen molar-refractivity contribution in [1.82, 2.24) is 5.32 Å². The third-order valence-corrected chi connectivity index (χ3v) is 2.43. The quantitative estimate of drug-likeness (QED) is 0.474. The Hall–Kier alpha value is -0.530. The summed E-state index contributed by atoms with van der Waals surface area (Å²) in [4.78, 5) is 10.8. The van der Waals surface area contributed by atoms with E-state index in [0.29, 0.717) is 17.9 Å². The number of amides is 1. The van der Waals surface area contributed by atoms with E-state index in [9.17, 15) is 4.79 Å². The number of fused-ring (bicyclic) bond motifs is 1. The molecule has 1 saturated heterocycles. The van der Waals surface area contributed by atoms with Crippen LogP contribution >= 0.6 is 0 Å². The largest absolute Gasteiger partial charge is 0.352 e. The van der Waals surface area contributed by atoms with Gasteiger partial charge < -0.3 is 5.32 Å². The molecule has 0 radical (unpaired) electrons. The minimum absolute atomic E-state index is 0.291. The minimum Gasteiger partial charge on any atom is -0.352 e. The summed E-state index contributed by atoms with van der Waals surface area (Å²) in [5.41, 5.74) is 0. The summed E-state index contributed by atoms with van der Waals surface area (Å²) < 4.78 is 0. The molecule has 2 nitrogen and oxygen atoms in total. The van der Waals surface area contributed by atoms with Crippen molar-refractivity contribution in [2.45, 2.75) is 31.7 Å². The van der Waals surface area contributed by atoms with Crippen LogP contribution in [0.15, 0.2) is 0 Å². The minimum atomic E-state index is 0.291. The highest BCUT2D eigenvalue weighted by Crippen LogP contribution is 2.30. The number of hydrogen-bond acceptors (Lipinski definition) is 1. The lowest BCUT2D eigenvalue weighted by Gasteiger charge is -2.40. The van der Waals surface area contributed by atoms with Gasteiger partial charge in [0.2, 0.25) is 5.91 Å². The van der Waals surface area contributed by atoms with E-state index in [0.717, 1.165) is 6.42 Å². The maximum absolute atomic E-state index is 10.8. The predicted octanol–water partition coefficient (Wildman–Crippen LogP) is 0.675. The van der Waals surface area contributed by atoms with Crippen molar-refractivity contribution < 1.29 is 4.79 Å². The molecule has 1 saturated carbocycles. The number of carbonyl (C=O) groups excluding carboxylic acids is 1. The fraction of sp³-hybridized carbons (Fsp3) is 0.857. The van der Waals surface area contributed by atoms with E-state index in [4.69, 9.17) is 0 Å². The zero-order valence-electron chi connectivity index (χ0n) is 5.39. The molecule has 0 spiro atoms. The van der Waals surface area contributed by atoms with E-state index < -0.39 is 0 Å². The molecule has 0 aromatic carbocycles. The van der Waals surface area contributed by atoms with Crippen molar-refractivity contribution in [2.75, 3.05) is 0 Å². The number of β-lactam (4-membered cyclic amide) rings is 1. The second kappa shape index (κ2) is 1.72. The smallest absolute Gasteiger partial charge is 0.225 e. The van der Waals surface area contributed by atoms with Gasteiger partial charge in [0.1, 0.15) is 0 Å². The maximum Gasteiger partial charge on any atom is 0.225 e. The van der Waals surface area contributed by atoms with Gasteiger partial charge in [-0.05, 0) is 12.8 Å². The van der Waals surface area contributed by atoms with E-state index in [2.05, 4.69) is 5.32 Å². The Bertz CT molecular complexity index is 144. The molecule has 0 bridgehead atoms. The van der Waals surface area contributed by atoms with E-state index in [1.165, 1.54) is 19.3 Å². The van der Waals surface area contributed by atoms with Crippen molar-refractivity contribution >= 4 is 5.91 Å². The summed E-state index contributed by atoms with van der Waals surface area (Å²) in [6.07, 6.45) is 4.92. The fourth-order valence-corrected chi connectivity index (χ4v) is 1.81. The van der Waals surface area contributed by atoms with Gasteiger partial charge in [-0.3, -0.25) is 4.79 Å². The van der Waals surface area contributed by atoms with Crippen LogP contribution in [0.4, 0.5) is 0 Å². The van der Waals surface area contributed by atoms with Crippen molar-refractivity contribution in [3.05, 3.63) is 0 Å². The molecule has 50 valence electrons. The lowest BCUT2D eigenvalue weighted by Crippen LogP contribution is -2.59. The third kappa shape index (κ3) is 0.655. The Morgan fingerprint density at radius 2 is 2.11 bits per heavy atom.